The van der Waals surface area contributed by atoms with Crippen molar-refractivity contribution in [2.45, 2.75) is 25.9 Å². The molecule has 17 heavy (non-hydrogen) atoms. The van der Waals surface area contributed by atoms with Crippen molar-refractivity contribution in [2.75, 3.05) is 6.54 Å². The summed E-state index contributed by atoms with van der Waals surface area (Å²) in [4.78, 5) is 11.6. The van der Waals surface area contributed by atoms with Gasteiger partial charge in [0.25, 0.3) is 5.91 Å². The van der Waals surface area contributed by atoms with Gasteiger partial charge in [-0.3, -0.25) is 4.79 Å². The Morgan fingerprint density at radius 3 is 2.88 bits per heavy atom. The summed E-state index contributed by atoms with van der Waals surface area (Å²) in [5.41, 5.74) is 0.190. The number of hydrogen-bond acceptors (Lipinski definition) is 2. The molecule has 0 aliphatic heterocycles. The van der Waals surface area contributed by atoms with E-state index >= 15 is 0 Å². The highest BCUT2D eigenvalue weighted by molar-refractivity contribution is 6.30. The van der Waals surface area contributed by atoms with Gasteiger partial charge >= 0.3 is 0 Å². The van der Waals surface area contributed by atoms with Crippen molar-refractivity contribution < 1.29 is 14.3 Å². The molecule has 1 unspecified atom stereocenters. The molecule has 0 heterocycles. The van der Waals surface area contributed by atoms with Gasteiger partial charge in [0.05, 0.1) is 11.1 Å². The van der Waals surface area contributed by atoms with Crippen LogP contribution in [0.1, 0.15) is 30.1 Å². The minimum absolute atomic E-state index is 0.0208. The van der Waals surface area contributed by atoms with E-state index < -0.39 is 17.8 Å². The van der Waals surface area contributed by atoms with Gasteiger partial charge in [0, 0.05) is 12.1 Å². The molecule has 94 valence electrons. The molecule has 0 saturated heterocycles. The first kappa shape index (κ1) is 13.9. The minimum Gasteiger partial charge on any atom is -0.391 e. The number of carbonyl (C=O) groups excluding carboxylic acids is 1. The lowest BCUT2D eigenvalue weighted by Crippen LogP contribution is -2.32. The van der Waals surface area contributed by atoms with Crippen LogP contribution < -0.4 is 5.32 Å². The van der Waals surface area contributed by atoms with Gasteiger partial charge in [-0.05, 0) is 24.6 Å². The first-order chi connectivity index (χ1) is 8.04. The molecule has 0 spiro atoms. The molecule has 5 heteroatoms. The van der Waals surface area contributed by atoms with Crippen molar-refractivity contribution in [1.82, 2.24) is 5.32 Å². The summed E-state index contributed by atoms with van der Waals surface area (Å²) < 4.78 is 13.1. The lowest BCUT2D eigenvalue weighted by Gasteiger charge is -2.10. The van der Waals surface area contributed by atoms with Gasteiger partial charge in [-0.15, -0.1) is 0 Å². The van der Waals surface area contributed by atoms with Crippen LogP contribution >= 0.6 is 11.6 Å². The molecule has 0 aliphatic rings. The highest BCUT2D eigenvalue weighted by Gasteiger charge is 2.10. The summed E-state index contributed by atoms with van der Waals surface area (Å²) in [6, 6.07) is 3.84. The average molecular weight is 260 g/mol. The molecule has 0 radical (unpaired) electrons. The van der Waals surface area contributed by atoms with Crippen LogP contribution in [0.2, 0.25) is 5.02 Å². The smallest absolute Gasteiger partial charge is 0.251 e. The Morgan fingerprint density at radius 1 is 1.59 bits per heavy atom. The topological polar surface area (TPSA) is 49.3 Å². The molecule has 0 aromatic heterocycles. The molecule has 0 saturated carbocycles. The fraction of sp³-hybridized carbons (Fsp3) is 0.417. The summed E-state index contributed by atoms with van der Waals surface area (Å²) in [7, 11) is 0. The zero-order valence-electron chi connectivity index (χ0n) is 9.54. The van der Waals surface area contributed by atoms with Crippen LogP contribution in [0, 0.1) is 5.82 Å². The second-order valence-electron chi connectivity index (χ2n) is 3.78. The van der Waals surface area contributed by atoms with Gasteiger partial charge in [0.15, 0.2) is 0 Å². The Balaban J connectivity index is 2.55. The van der Waals surface area contributed by atoms with Crippen molar-refractivity contribution in [3.63, 3.8) is 0 Å². The molecular formula is C12H15ClFNO2. The van der Waals surface area contributed by atoms with E-state index in [0.717, 1.165) is 12.5 Å². The average Bonchev–Trinajstić information content (AvgIpc) is 2.30. The molecule has 0 fully saturated rings. The lowest BCUT2D eigenvalue weighted by molar-refractivity contribution is 0.0909. The maximum Gasteiger partial charge on any atom is 0.251 e. The third-order valence-electron chi connectivity index (χ3n) is 2.30. The normalized spacial score (nSPS) is 12.2. The fourth-order valence-corrected chi connectivity index (χ4v) is 1.50. The van der Waals surface area contributed by atoms with Crippen LogP contribution in [0.5, 0.6) is 0 Å². The molecule has 2 N–H and O–H groups in total. The van der Waals surface area contributed by atoms with E-state index in [1.54, 1.807) is 0 Å². The van der Waals surface area contributed by atoms with E-state index in [1.165, 1.54) is 12.1 Å². The van der Waals surface area contributed by atoms with Crippen molar-refractivity contribution in [3.8, 4) is 0 Å². The summed E-state index contributed by atoms with van der Waals surface area (Å²) in [6.45, 7) is 2.11. The number of benzene rings is 1. The van der Waals surface area contributed by atoms with Crippen molar-refractivity contribution in [2.24, 2.45) is 0 Å². The minimum atomic E-state index is -0.631. The van der Waals surface area contributed by atoms with E-state index in [4.69, 9.17) is 11.6 Å². The van der Waals surface area contributed by atoms with E-state index in [-0.39, 0.29) is 17.1 Å². The standard InChI is InChI=1S/C12H15ClFNO2/c1-2-3-9(16)7-15-12(17)8-4-5-10(13)11(14)6-8/h4-6,9,16H,2-3,7H2,1H3,(H,15,17). The molecule has 1 aromatic rings. The third-order valence-corrected chi connectivity index (χ3v) is 2.61. The van der Waals surface area contributed by atoms with Gasteiger partial charge in [0.1, 0.15) is 5.82 Å². The number of carbonyl (C=O) groups is 1. The summed E-state index contributed by atoms with van der Waals surface area (Å²) in [5.74, 6) is -1.05. The Labute approximate surface area is 105 Å². The molecule has 1 aromatic carbocycles. The molecular weight excluding hydrogens is 245 g/mol. The Hall–Kier alpha value is -1.13. The number of rotatable bonds is 5. The van der Waals surface area contributed by atoms with Gasteiger partial charge in [-0.2, -0.15) is 0 Å². The number of halogens is 2. The third kappa shape index (κ3) is 4.32. The van der Waals surface area contributed by atoms with Crippen molar-refractivity contribution >= 4 is 17.5 Å². The van der Waals surface area contributed by atoms with Crippen molar-refractivity contribution in [3.05, 3.63) is 34.6 Å². The number of hydrogen-bond donors (Lipinski definition) is 2. The monoisotopic (exact) mass is 259 g/mol. The first-order valence-electron chi connectivity index (χ1n) is 5.46. The summed E-state index contributed by atoms with van der Waals surface area (Å²) in [5, 5.41) is 11.9. The first-order valence-corrected chi connectivity index (χ1v) is 5.83. The second-order valence-corrected chi connectivity index (χ2v) is 4.19. The van der Waals surface area contributed by atoms with E-state index in [2.05, 4.69) is 5.32 Å². The zero-order valence-corrected chi connectivity index (χ0v) is 10.3. The maximum atomic E-state index is 13.1. The number of nitrogens with one attached hydrogen (secondary N) is 1. The quantitative estimate of drug-likeness (QED) is 0.853. The Bertz CT molecular complexity index is 398. The van der Waals surface area contributed by atoms with Crippen LogP contribution in [-0.2, 0) is 0 Å². The fourth-order valence-electron chi connectivity index (χ4n) is 1.39. The van der Waals surface area contributed by atoms with Gasteiger partial charge in [-0.1, -0.05) is 24.9 Å². The predicted octanol–water partition coefficient (Wildman–Crippen LogP) is 2.37. The Morgan fingerprint density at radius 2 is 2.29 bits per heavy atom. The molecule has 1 amide bonds. The lowest BCUT2D eigenvalue weighted by atomic mass is 10.2. The predicted molar refractivity (Wildman–Crippen MR) is 64.7 cm³/mol. The summed E-state index contributed by atoms with van der Waals surface area (Å²) >= 11 is 5.51. The van der Waals surface area contributed by atoms with Crippen LogP contribution in [0.3, 0.4) is 0 Å². The molecule has 0 aliphatic carbocycles. The van der Waals surface area contributed by atoms with Crippen molar-refractivity contribution in [1.29, 1.82) is 0 Å². The van der Waals surface area contributed by atoms with E-state index in [1.807, 2.05) is 6.92 Å². The van der Waals surface area contributed by atoms with Gasteiger partial charge < -0.3 is 10.4 Å². The SMILES string of the molecule is CCCC(O)CNC(=O)c1ccc(Cl)c(F)c1. The van der Waals surface area contributed by atoms with Crippen LogP contribution in [0.15, 0.2) is 18.2 Å². The highest BCUT2D eigenvalue weighted by atomic mass is 35.5. The van der Waals surface area contributed by atoms with E-state index in [9.17, 15) is 14.3 Å². The zero-order chi connectivity index (χ0) is 12.8. The van der Waals surface area contributed by atoms with E-state index in [0.29, 0.717) is 6.42 Å². The Kier molecular flexibility index (Phi) is 5.38. The highest BCUT2D eigenvalue weighted by Crippen LogP contribution is 2.15. The largest absolute Gasteiger partial charge is 0.391 e. The maximum absolute atomic E-state index is 13.1. The second kappa shape index (κ2) is 6.57. The molecule has 1 rings (SSSR count). The number of amides is 1. The van der Waals surface area contributed by atoms with Crippen LogP contribution in [0.25, 0.3) is 0 Å². The van der Waals surface area contributed by atoms with Gasteiger partial charge in [-0.25, -0.2) is 4.39 Å². The number of aliphatic hydroxyl groups is 1. The summed E-state index contributed by atoms with van der Waals surface area (Å²) in [6.07, 6.45) is 0.892. The molecule has 0 bridgehead atoms. The van der Waals surface area contributed by atoms with Gasteiger partial charge in [0.2, 0.25) is 0 Å². The molecule has 1 atom stereocenters. The van der Waals surface area contributed by atoms with Crippen LogP contribution in [0.4, 0.5) is 4.39 Å². The molecule has 3 nitrogen and oxygen atoms in total. The number of aliphatic hydroxyl groups excluding tert-OH is 1. The van der Waals surface area contributed by atoms with Crippen LogP contribution in [-0.4, -0.2) is 23.7 Å².